The van der Waals surface area contributed by atoms with Crippen molar-refractivity contribution in [1.82, 2.24) is 0 Å². The molecule has 0 bridgehead atoms. The highest BCUT2D eigenvalue weighted by atomic mass is 16.8. The van der Waals surface area contributed by atoms with E-state index in [0.717, 1.165) is 84.0 Å². The Hall–Kier alpha value is -2.20. The van der Waals surface area contributed by atoms with Crippen LogP contribution in [0.15, 0.2) is 35.5 Å². The predicted octanol–water partition coefficient (Wildman–Crippen LogP) is 13.9. The number of carbonyl (C=O) groups is 2. The minimum atomic E-state index is -0.833. The minimum Gasteiger partial charge on any atom is -0.481 e. The molecule has 1 saturated heterocycles. The topological polar surface area (TPSA) is 252 Å². The summed E-state index contributed by atoms with van der Waals surface area (Å²) in [6, 6.07) is 0.708. The third kappa shape index (κ3) is 12.9. The molecule has 13 rings (SSSR count). The van der Waals surface area contributed by atoms with Crippen LogP contribution in [-0.2, 0) is 19.1 Å². The highest BCUT2D eigenvalue weighted by molar-refractivity contribution is 5.63. The van der Waals surface area contributed by atoms with Crippen molar-refractivity contribution in [3.8, 4) is 0 Å². The molecule has 13 heteroatoms. The Morgan fingerprint density at radius 2 is 0.824 bits per heavy atom. The van der Waals surface area contributed by atoms with Crippen molar-refractivity contribution >= 4 is 11.9 Å². The standard InChI is InChI=1S/C23H37NO2.2C20H33NO2.2C2H4O2.5CH4/c1-13-6-7-15-18-16(9-11-22(13,15)4)23(5)10-8-14(24)12-17(23)19-20(18)26-21(2,3)25-19;1-19(2)8-7-12-13(19)4-5-14-16(12)18(23)17(22)15-10-11(21)6-9-20(14,15)3;1-11-4-5-13-16-14(7-9-19(11,13)2)20(3)8-6-12(21)10-15(20)17(22)18(16)23;2*1-2(3)4;;;;;/h14-20H,1,6-12,24H2,2-5H3;11,14-18,22-23H,4-10,21H2,1-3H3;12-18,22-23H,1,4-10,21H2,2-3H3;2*1H3,(H,3,4);5*1H4/t14-,15?,16?,17?,18?,19+,20+,22+,23+;11-,14?,15?,16?,17+,18+,20+;12-,13?,14?,15?,16?,17+,18+,19+,20+;;;;;;;/m000......./s1. The second kappa shape index (κ2) is 26.9. The Morgan fingerprint density at radius 3 is 1.29 bits per heavy atom. The maximum absolute atomic E-state index is 11.0. The van der Waals surface area contributed by atoms with Crippen molar-refractivity contribution in [2.45, 2.75) is 309 Å². The van der Waals surface area contributed by atoms with Crippen molar-refractivity contribution in [3.63, 3.8) is 0 Å². The minimum absolute atomic E-state index is 0. The molecule has 0 aromatic heterocycles. The van der Waals surface area contributed by atoms with Crippen LogP contribution in [0, 0.1) is 97.6 Å². The second-order valence-corrected chi connectivity index (χ2v) is 31.3. The van der Waals surface area contributed by atoms with Crippen molar-refractivity contribution in [2.24, 2.45) is 115 Å². The molecule has 13 aliphatic rings. The largest absolute Gasteiger partial charge is 0.481 e. The van der Waals surface area contributed by atoms with E-state index in [1.165, 1.54) is 87.3 Å². The number of aliphatic hydroxyl groups excluding tert-OH is 4. The van der Waals surface area contributed by atoms with E-state index in [0.29, 0.717) is 52.4 Å². The third-order valence-electron chi connectivity index (χ3n) is 26.5. The zero-order chi connectivity index (χ0) is 58.8. The summed E-state index contributed by atoms with van der Waals surface area (Å²) in [5.74, 6) is 2.80. The van der Waals surface area contributed by atoms with Gasteiger partial charge in [-0.3, -0.25) is 9.59 Å². The van der Waals surface area contributed by atoms with Gasteiger partial charge in [0.05, 0.1) is 36.6 Å². The highest BCUT2D eigenvalue weighted by Crippen LogP contribution is 2.71. The lowest BCUT2D eigenvalue weighted by Gasteiger charge is -2.63. The summed E-state index contributed by atoms with van der Waals surface area (Å²) in [5, 5.41) is 58.7. The van der Waals surface area contributed by atoms with Crippen molar-refractivity contribution < 1.29 is 49.7 Å². The molecule has 85 heavy (non-hydrogen) atoms. The quantitative estimate of drug-likeness (QED) is 0.103. The third-order valence-corrected chi connectivity index (χ3v) is 26.5. The van der Waals surface area contributed by atoms with Gasteiger partial charge in [-0.15, -0.1) is 0 Å². The van der Waals surface area contributed by atoms with E-state index in [1.807, 2.05) is 0 Å². The van der Waals surface area contributed by atoms with Crippen LogP contribution in [0.3, 0.4) is 0 Å². The number of hydrogen-bond acceptors (Lipinski definition) is 11. The number of aliphatic hydroxyl groups is 4. The number of ether oxygens (including phenoxy) is 2. The van der Waals surface area contributed by atoms with Gasteiger partial charge in [-0.05, 0) is 240 Å². The number of carboxylic acids is 2. The van der Waals surface area contributed by atoms with Crippen molar-refractivity contribution in [3.05, 3.63) is 35.5 Å². The molecule has 0 spiro atoms. The molecule has 10 saturated carbocycles. The van der Waals surface area contributed by atoms with Gasteiger partial charge >= 0.3 is 0 Å². The summed E-state index contributed by atoms with van der Waals surface area (Å²) in [4.78, 5) is 18.0. The molecule has 1 heterocycles. The molecule has 12 N–H and O–H groups in total. The van der Waals surface area contributed by atoms with Gasteiger partial charge in [0.2, 0.25) is 0 Å². The van der Waals surface area contributed by atoms with Gasteiger partial charge in [0, 0.05) is 37.9 Å². The Kier molecular flexibility index (Phi) is 23.9. The predicted molar refractivity (Wildman–Crippen MR) is 347 cm³/mol. The number of nitrogens with two attached hydrogens (primary N) is 3. The van der Waals surface area contributed by atoms with Gasteiger partial charge in [-0.25, -0.2) is 0 Å². The molecule has 11 fully saturated rings. The fourth-order valence-corrected chi connectivity index (χ4v) is 22.1. The van der Waals surface area contributed by atoms with Crippen LogP contribution >= 0.6 is 0 Å². The first-order chi connectivity index (χ1) is 37.2. The zero-order valence-electron chi connectivity index (χ0n) is 51.4. The number of aliphatic carboxylic acids is 2. The molecule has 494 valence electrons. The number of allylic oxidation sites excluding steroid dienone is 3. The summed E-state index contributed by atoms with van der Waals surface area (Å²) < 4.78 is 13.2. The fourth-order valence-electron chi connectivity index (χ4n) is 22.1. The lowest BCUT2D eigenvalue weighted by Crippen LogP contribution is -2.64. The molecule has 13 nitrogen and oxygen atoms in total. The average Bonchev–Trinajstić information content (AvgIpc) is 1.92. The SMILES string of the molecule is C.C.C.C.C.C=C1CCC2C3C(CC[C@]12C)[C@@]1(C)CC[C@H](N)CC1[C@@H](O)[C@@H]3O.C=C1CCC2C3C(CC[C@]12C)[C@@]1(C)CC[C@H](N)CC1[C@H]1OC(C)(C)O[C@H]31.CC(=O)O.CC(=O)O.CC1(C)CCC2=C1CCC1C2[C@@H](O)[C@H](O)C2C[C@@H](N)CC[C@]12C. The lowest BCUT2D eigenvalue weighted by molar-refractivity contribution is -0.210. The monoisotopic (exact) mass is 1200 g/mol. The molecule has 0 aromatic carbocycles. The Morgan fingerprint density at radius 1 is 0.447 bits per heavy atom. The first-order valence-electron chi connectivity index (χ1n) is 32.0. The van der Waals surface area contributed by atoms with E-state index in [-0.39, 0.29) is 107 Å². The van der Waals surface area contributed by atoms with E-state index in [9.17, 15) is 20.4 Å². The van der Waals surface area contributed by atoms with Gasteiger partial charge in [0.25, 0.3) is 11.9 Å². The lowest BCUT2D eigenvalue weighted by atomic mass is 9.43. The average molecular weight is 1200 g/mol. The van der Waals surface area contributed by atoms with Crippen LogP contribution in [0.2, 0.25) is 0 Å². The number of hydrogen-bond donors (Lipinski definition) is 9. The van der Waals surface area contributed by atoms with E-state index >= 15 is 0 Å². The van der Waals surface area contributed by atoms with Crippen LogP contribution in [0.25, 0.3) is 0 Å². The van der Waals surface area contributed by atoms with Gasteiger partial charge in [0.15, 0.2) is 5.79 Å². The Balaban J connectivity index is 0.000000250. The van der Waals surface area contributed by atoms with Gasteiger partial charge in [-0.1, -0.05) is 121 Å². The van der Waals surface area contributed by atoms with Crippen LogP contribution in [-0.4, -0.2) is 103 Å². The molecule has 1 aliphatic heterocycles. The summed E-state index contributed by atoms with van der Waals surface area (Å²) >= 11 is 0. The van der Waals surface area contributed by atoms with Crippen LogP contribution in [0.4, 0.5) is 0 Å². The van der Waals surface area contributed by atoms with E-state index < -0.39 is 42.1 Å². The molecule has 25 atom stereocenters. The van der Waals surface area contributed by atoms with Gasteiger partial charge < -0.3 is 57.3 Å². The molecular weight excluding hydrogens is 1070 g/mol. The van der Waals surface area contributed by atoms with Gasteiger partial charge in [0.1, 0.15) is 0 Å². The summed E-state index contributed by atoms with van der Waals surface area (Å²) in [6.07, 6.45) is 22.1. The van der Waals surface area contributed by atoms with E-state index in [2.05, 4.69) is 75.5 Å². The van der Waals surface area contributed by atoms with E-state index in [4.69, 9.17) is 46.5 Å². The fraction of sp³-hybridized carbons (Fsp3) is 0.889. The summed E-state index contributed by atoms with van der Waals surface area (Å²) in [5.41, 5.74) is 26.2. The Labute approximate surface area is 518 Å². The smallest absolute Gasteiger partial charge is 0.300 e. The number of carboxylic acid groups (broad SMARTS) is 2. The van der Waals surface area contributed by atoms with Crippen molar-refractivity contribution in [1.29, 1.82) is 0 Å². The summed E-state index contributed by atoms with van der Waals surface area (Å²) in [7, 11) is 0. The molecule has 12 aliphatic carbocycles. The number of fused-ring (bicyclic) bond motifs is 17. The van der Waals surface area contributed by atoms with Crippen LogP contribution < -0.4 is 17.2 Å². The maximum atomic E-state index is 11.0. The highest BCUT2D eigenvalue weighted by Gasteiger charge is 2.69. The first kappa shape index (κ1) is 75.3. The molecule has 0 radical (unpaired) electrons. The zero-order valence-corrected chi connectivity index (χ0v) is 51.4. The summed E-state index contributed by atoms with van der Waals surface area (Å²) in [6.45, 7) is 32.1. The van der Waals surface area contributed by atoms with Gasteiger partial charge in [-0.2, -0.15) is 0 Å². The number of rotatable bonds is 0. The second-order valence-electron chi connectivity index (χ2n) is 31.3. The normalized spacial score (nSPS) is 48.4. The van der Waals surface area contributed by atoms with Crippen molar-refractivity contribution in [2.75, 3.05) is 0 Å². The molecule has 0 amide bonds. The van der Waals surface area contributed by atoms with E-state index in [1.54, 1.807) is 5.57 Å². The van der Waals surface area contributed by atoms with Crippen LogP contribution in [0.5, 0.6) is 0 Å². The molecule has 0 aromatic rings. The van der Waals surface area contributed by atoms with Crippen LogP contribution in [0.1, 0.15) is 248 Å². The molecular formula is C72H131N3O10. The molecule has 11 unspecified atom stereocenters. The first-order valence-corrected chi connectivity index (χ1v) is 32.0. The maximum Gasteiger partial charge on any atom is 0.300 e. The Bertz CT molecular complexity index is 2350.